The van der Waals surface area contributed by atoms with Crippen molar-refractivity contribution < 1.29 is 4.74 Å². The lowest BCUT2D eigenvalue weighted by atomic mass is 9.91. The molecular weight excluding hydrogens is 114 g/mol. The molecule has 1 rings (SSSR count). The molecule has 52 valence electrons. The van der Waals surface area contributed by atoms with Gasteiger partial charge in [-0.1, -0.05) is 0 Å². The molecule has 2 N–H and O–H groups in total. The molecule has 0 aromatic carbocycles. The Kier molecular flexibility index (Phi) is 2.11. The molecule has 0 spiro atoms. The predicted molar refractivity (Wildman–Crippen MR) is 36.9 cm³/mol. The largest absolute Gasteiger partial charge is 0.500 e. The quantitative estimate of drug-likeness (QED) is 0.562. The van der Waals surface area contributed by atoms with Crippen LogP contribution in [0.15, 0.2) is 11.3 Å². The van der Waals surface area contributed by atoms with Crippen LogP contribution in [0.3, 0.4) is 0 Å². The molecule has 0 bridgehead atoms. The Morgan fingerprint density at radius 2 is 2.33 bits per heavy atom. The van der Waals surface area contributed by atoms with Crippen LogP contribution in [0, 0.1) is 0 Å². The van der Waals surface area contributed by atoms with Gasteiger partial charge in [0.1, 0.15) is 5.76 Å². The molecule has 0 atom stereocenters. The van der Waals surface area contributed by atoms with E-state index in [1.54, 1.807) is 7.11 Å². The second kappa shape index (κ2) is 2.87. The molecule has 1 aliphatic rings. The van der Waals surface area contributed by atoms with Crippen LogP contribution in [0.2, 0.25) is 0 Å². The molecule has 0 aromatic rings. The average Bonchev–Trinajstić information content (AvgIpc) is 1.78. The van der Waals surface area contributed by atoms with E-state index in [4.69, 9.17) is 10.5 Å². The molecule has 0 unspecified atom stereocenters. The second-order valence-corrected chi connectivity index (χ2v) is 2.29. The van der Waals surface area contributed by atoms with Crippen molar-refractivity contribution in [2.24, 2.45) is 5.73 Å². The summed E-state index contributed by atoms with van der Waals surface area (Å²) in [6.45, 7) is 0.561. The third-order valence-electron chi connectivity index (χ3n) is 1.78. The first-order chi connectivity index (χ1) is 4.38. The highest BCUT2D eigenvalue weighted by Gasteiger charge is 2.13. The molecule has 0 amide bonds. The molecule has 9 heavy (non-hydrogen) atoms. The lowest BCUT2D eigenvalue weighted by molar-refractivity contribution is 0.274. The minimum Gasteiger partial charge on any atom is -0.500 e. The molecule has 1 aliphatic carbocycles. The summed E-state index contributed by atoms with van der Waals surface area (Å²) in [6, 6.07) is 0. The summed E-state index contributed by atoms with van der Waals surface area (Å²) >= 11 is 0. The van der Waals surface area contributed by atoms with Crippen LogP contribution in [-0.2, 0) is 4.74 Å². The van der Waals surface area contributed by atoms with Gasteiger partial charge in [0.15, 0.2) is 0 Å². The first-order valence-electron chi connectivity index (χ1n) is 3.33. The smallest absolute Gasteiger partial charge is 0.108 e. The molecular formula is C7H13NO. The standard InChI is InChI=1S/C7H13NO/c1-9-7(5-8)6-3-2-4-6/h2-5,8H2,1H3. The summed E-state index contributed by atoms with van der Waals surface area (Å²) in [5.41, 5.74) is 6.83. The highest BCUT2D eigenvalue weighted by molar-refractivity contribution is 5.15. The molecule has 0 saturated heterocycles. The summed E-state index contributed by atoms with van der Waals surface area (Å²) in [5, 5.41) is 0. The maximum Gasteiger partial charge on any atom is 0.108 e. The minimum atomic E-state index is 0.561. The highest BCUT2D eigenvalue weighted by Crippen LogP contribution is 2.28. The fourth-order valence-electron chi connectivity index (χ4n) is 1.00. The van der Waals surface area contributed by atoms with Crippen LogP contribution < -0.4 is 5.73 Å². The fraction of sp³-hybridized carbons (Fsp3) is 0.714. The maximum absolute atomic E-state index is 5.41. The van der Waals surface area contributed by atoms with Gasteiger partial charge in [-0.05, 0) is 24.8 Å². The van der Waals surface area contributed by atoms with E-state index in [1.165, 1.54) is 24.8 Å². The van der Waals surface area contributed by atoms with Crippen molar-refractivity contribution in [1.29, 1.82) is 0 Å². The Bertz CT molecular complexity index is 117. The van der Waals surface area contributed by atoms with E-state index < -0.39 is 0 Å². The van der Waals surface area contributed by atoms with Crippen molar-refractivity contribution in [1.82, 2.24) is 0 Å². The van der Waals surface area contributed by atoms with E-state index in [-0.39, 0.29) is 0 Å². The predicted octanol–water partition coefficient (Wildman–Crippen LogP) is 1.03. The van der Waals surface area contributed by atoms with Gasteiger partial charge in [0, 0.05) is 0 Å². The molecule has 2 heteroatoms. The third-order valence-corrected chi connectivity index (χ3v) is 1.78. The van der Waals surface area contributed by atoms with Gasteiger partial charge in [0.2, 0.25) is 0 Å². The van der Waals surface area contributed by atoms with Gasteiger partial charge in [0.25, 0.3) is 0 Å². The second-order valence-electron chi connectivity index (χ2n) is 2.29. The first kappa shape index (κ1) is 6.62. The number of allylic oxidation sites excluding steroid dienone is 1. The van der Waals surface area contributed by atoms with E-state index in [0.717, 1.165) is 5.76 Å². The molecule has 1 fully saturated rings. The van der Waals surface area contributed by atoms with E-state index >= 15 is 0 Å². The van der Waals surface area contributed by atoms with Gasteiger partial charge in [-0.2, -0.15) is 0 Å². The maximum atomic E-state index is 5.41. The van der Waals surface area contributed by atoms with Crippen LogP contribution in [0.5, 0.6) is 0 Å². The Balaban J connectivity index is 2.51. The number of rotatable bonds is 2. The minimum absolute atomic E-state index is 0.561. The van der Waals surface area contributed by atoms with Gasteiger partial charge in [-0.25, -0.2) is 0 Å². The Morgan fingerprint density at radius 1 is 1.67 bits per heavy atom. The van der Waals surface area contributed by atoms with Crippen LogP contribution >= 0.6 is 0 Å². The van der Waals surface area contributed by atoms with Gasteiger partial charge < -0.3 is 10.5 Å². The summed E-state index contributed by atoms with van der Waals surface area (Å²) in [7, 11) is 1.69. The fourth-order valence-corrected chi connectivity index (χ4v) is 1.00. The normalized spacial score (nSPS) is 16.9. The van der Waals surface area contributed by atoms with Crippen molar-refractivity contribution in [2.45, 2.75) is 19.3 Å². The average molecular weight is 127 g/mol. The highest BCUT2D eigenvalue weighted by atomic mass is 16.5. The lowest BCUT2D eigenvalue weighted by Gasteiger charge is -2.19. The summed E-state index contributed by atoms with van der Waals surface area (Å²) < 4.78 is 5.06. The van der Waals surface area contributed by atoms with Crippen LogP contribution in [-0.4, -0.2) is 13.7 Å². The van der Waals surface area contributed by atoms with E-state index in [1.807, 2.05) is 0 Å². The van der Waals surface area contributed by atoms with Gasteiger partial charge in [-0.15, -0.1) is 0 Å². The molecule has 2 nitrogen and oxygen atoms in total. The monoisotopic (exact) mass is 127 g/mol. The third kappa shape index (κ3) is 1.24. The number of ether oxygens (including phenoxy) is 1. The van der Waals surface area contributed by atoms with E-state index in [9.17, 15) is 0 Å². The molecule has 0 aliphatic heterocycles. The van der Waals surface area contributed by atoms with Crippen molar-refractivity contribution in [3.8, 4) is 0 Å². The van der Waals surface area contributed by atoms with Crippen molar-refractivity contribution >= 4 is 0 Å². The zero-order valence-corrected chi connectivity index (χ0v) is 5.81. The zero-order valence-electron chi connectivity index (χ0n) is 5.81. The van der Waals surface area contributed by atoms with Crippen molar-refractivity contribution in [3.63, 3.8) is 0 Å². The number of methoxy groups -OCH3 is 1. The number of hydrogen-bond donors (Lipinski definition) is 1. The molecule has 0 heterocycles. The van der Waals surface area contributed by atoms with Gasteiger partial charge in [-0.3, -0.25) is 0 Å². The van der Waals surface area contributed by atoms with Crippen molar-refractivity contribution in [2.75, 3.05) is 13.7 Å². The Labute approximate surface area is 55.7 Å². The number of nitrogens with two attached hydrogens (primary N) is 1. The summed E-state index contributed by atoms with van der Waals surface area (Å²) in [4.78, 5) is 0. The van der Waals surface area contributed by atoms with Crippen molar-refractivity contribution in [3.05, 3.63) is 11.3 Å². The summed E-state index contributed by atoms with van der Waals surface area (Å²) in [6.07, 6.45) is 3.70. The van der Waals surface area contributed by atoms with E-state index in [2.05, 4.69) is 0 Å². The molecule has 1 saturated carbocycles. The number of hydrogen-bond acceptors (Lipinski definition) is 2. The zero-order chi connectivity index (χ0) is 6.69. The Morgan fingerprint density at radius 3 is 2.44 bits per heavy atom. The van der Waals surface area contributed by atoms with E-state index in [0.29, 0.717) is 6.54 Å². The summed E-state index contributed by atoms with van der Waals surface area (Å²) in [5.74, 6) is 1.00. The van der Waals surface area contributed by atoms with Gasteiger partial charge in [0.05, 0.1) is 13.7 Å². The lowest BCUT2D eigenvalue weighted by Crippen LogP contribution is -2.11. The molecule has 0 radical (unpaired) electrons. The SMILES string of the molecule is COC(CN)=C1CCC1. The Hall–Kier alpha value is -0.500. The van der Waals surface area contributed by atoms with Crippen LogP contribution in [0.25, 0.3) is 0 Å². The van der Waals surface area contributed by atoms with Crippen LogP contribution in [0.4, 0.5) is 0 Å². The molecule has 0 aromatic heterocycles. The van der Waals surface area contributed by atoms with Gasteiger partial charge >= 0.3 is 0 Å². The first-order valence-corrected chi connectivity index (χ1v) is 3.33. The topological polar surface area (TPSA) is 35.2 Å². The van der Waals surface area contributed by atoms with Crippen LogP contribution in [0.1, 0.15) is 19.3 Å².